The second-order valence-corrected chi connectivity index (χ2v) is 5.86. The van der Waals surface area contributed by atoms with E-state index in [-0.39, 0.29) is 5.82 Å². The van der Waals surface area contributed by atoms with Crippen molar-refractivity contribution < 1.29 is 4.39 Å². The van der Waals surface area contributed by atoms with Crippen LogP contribution in [0.3, 0.4) is 0 Å². The summed E-state index contributed by atoms with van der Waals surface area (Å²) in [5.41, 5.74) is 7.11. The summed E-state index contributed by atoms with van der Waals surface area (Å²) in [6, 6.07) is 4.79. The Morgan fingerprint density at radius 1 is 1.50 bits per heavy atom. The molecule has 0 radical (unpaired) electrons. The minimum atomic E-state index is -0.241. The van der Waals surface area contributed by atoms with Crippen molar-refractivity contribution in [2.24, 2.45) is 0 Å². The van der Waals surface area contributed by atoms with Crippen molar-refractivity contribution >= 4 is 17.4 Å². The smallest absolute Gasteiger partial charge is 0.125 e. The van der Waals surface area contributed by atoms with E-state index in [0.717, 1.165) is 31.0 Å². The van der Waals surface area contributed by atoms with Gasteiger partial charge in [0.05, 0.1) is 0 Å². The third kappa shape index (κ3) is 3.12. The van der Waals surface area contributed by atoms with E-state index in [1.165, 1.54) is 6.07 Å². The van der Waals surface area contributed by atoms with Crippen molar-refractivity contribution in [3.8, 4) is 0 Å². The van der Waals surface area contributed by atoms with Gasteiger partial charge in [0.2, 0.25) is 0 Å². The average Bonchev–Trinajstić information content (AvgIpc) is 2.15. The molecule has 88 valence electrons. The van der Waals surface area contributed by atoms with Gasteiger partial charge in [-0.2, -0.15) is 11.8 Å². The van der Waals surface area contributed by atoms with Crippen molar-refractivity contribution in [1.29, 1.82) is 0 Å². The van der Waals surface area contributed by atoms with E-state index in [1.807, 2.05) is 17.8 Å². The minimum absolute atomic E-state index is 0.241. The molecule has 2 N–H and O–H groups in total. The number of nitrogens with two attached hydrogens (primary N) is 1. The van der Waals surface area contributed by atoms with E-state index in [1.54, 1.807) is 6.07 Å². The fourth-order valence-electron chi connectivity index (χ4n) is 2.06. The Morgan fingerprint density at radius 3 is 3.00 bits per heavy atom. The van der Waals surface area contributed by atoms with Crippen molar-refractivity contribution in [1.82, 2.24) is 4.90 Å². The molecule has 4 heteroatoms. The highest BCUT2D eigenvalue weighted by atomic mass is 32.2. The predicted octanol–water partition coefficient (Wildman–Crippen LogP) is 2.35. The molecule has 1 fully saturated rings. The Bertz CT molecular complexity index is 350. The number of nitrogens with zero attached hydrogens (tertiary/aromatic N) is 1. The Morgan fingerprint density at radius 2 is 2.31 bits per heavy atom. The average molecular weight is 240 g/mol. The molecular weight excluding hydrogens is 223 g/mol. The molecule has 2 nitrogen and oxygen atoms in total. The van der Waals surface area contributed by atoms with Gasteiger partial charge < -0.3 is 5.73 Å². The Kier molecular flexibility index (Phi) is 3.71. The zero-order valence-electron chi connectivity index (χ0n) is 9.45. The van der Waals surface area contributed by atoms with Gasteiger partial charge in [0, 0.05) is 36.3 Å². The highest BCUT2D eigenvalue weighted by Crippen LogP contribution is 2.20. The van der Waals surface area contributed by atoms with Crippen LogP contribution in [0.15, 0.2) is 18.2 Å². The lowest BCUT2D eigenvalue weighted by molar-refractivity contribution is 0.278. The lowest BCUT2D eigenvalue weighted by Gasteiger charge is -2.30. The van der Waals surface area contributed by atoms with Gasteiger partial charge in [-0.05, 0) is 23.8 Å². The Labute approximate surface area is 100 Å². The normalized spacial score (nSPS) is 22.2. The van der Waals surface area contributed by atoms with Gasteiger partial charge in [-0.1, -0.05) is 6.92 Å². The maximum atomic E-state index is 13.2. The first kappa shape index (κ1) is 11.7. The second kappa shape index (κ2) is 5.06. The molecule has 1 heterocycles. The number of nitrogen functional groups attached to an aromatic ring is 1. The van der Waals surface area contributed by atoms with Crippen molar-refractivity contribution in [3.05, 3.63) is 29.6 Å². The molecule has 0 aliphatic carbocycles. The first-order chi connectivity index (χ1) is 7.63. The number of halogens is 1. The highest BCUT2D eigenvalue weighted by Gasteiger charge is 2.16. The number of thioether (sulfide) groups is 1. The van der Waals surface area contributed by atoms with Gasteiger partial charge in [0.25, 0.3) is 0 Å². The summed E-state index contributed by atoms with van der Waals surface area (Å²) in [6.07, 6.45) is 0. The molecule has 1 aromatic rings. The standard InChI is InChI=1S/C12H17FN2S/c1-9-7-15(2-3-16-9)8-10-4-11(13)6-12(14)5-10/h4-6,9H,2-3,7-8,14H2,1H3. The molecule has 16 heavy (non-hydrogen) atoms. The zero-order chi connectivity index (χ0) is 11.5. The summed E-state index contributed by atoms with van der Waals surface area (Å²) in [7, 11) is 0. The topological polar surface area (TPSA) is 29.3 Å². The summed E-state index contributed by atoms with van der Waals surface area (Å²) < 4.78 is 13.2. The molecule has 1 aromatic carbocycles. The van der Waals surface area contributed by atoms with Gasteiger partial charge in [0.15, 0.2) is 0 Å². The maximum Gasteiger partial charge on any atom is 0.125 e. The molecule has 1 aliphatic rings. The number of benzene rings is 1. The second-order valence-electron chi connectivity index (χ2n) is 4.31. The van der Waals surface area contributed by atoms with Gasteiger partial charge in [0.1, 0.15) is 5.82 Å². The number of rotatable bonds is 2. The number of hydrogen-bond acceptors (Lipinski definition) is 3. The molecule has 1 atom stereocenters. The number of hydrogen-bond donors (Lipinski definition) is 1. The van der Waals surface area contributed by atoms with Crippen LogP contribution >= 0.6 is 11.8 Å². The van der Waals surface area contributed by atoms with E-state index < -0.39 is 0 Å². The third-order valence-electron chi connectivity index (χ3n) is 2.71. The molecule has 0 bridgehead atoms. The first-order valence-corrected chi connectivity index (χ1v) is 6.57. The van der Waals surface area contributed by atoms with Gasteiger partial charge in [-0.3, -0.25) is 4.90 Å². The van der Waals surface area contributed by atoms with Gasteiger partial charge in [-0.25, -0.2) is 4.39 Å². The SMILES string of the molecule is CC1CN(Cc2cc(N)cc(F)c2)CCS1. The molecule has 0 aromatic heterocycles. The summed E-state index contributed by atoms with van der Waals surface area (Å²) in [5, 5.41) is 0.666. The molecule has 0 spiro atoms. The largest absolute Gasteiger partial charge is 0.399 e. The van der Waals surface area contributed by atoms with E-state index in [2.05, 4.69) is 11.8 Å². The third-order valence-corrected chi connectivity index (χ3v) is 3.85. The van der Waals surface area contributed by atoms with Crippen LogP contribution in [0.4, 0.5) is 10.1 Å². The fourth-order valence-corrected chi connectivity index (χ4v) is 3.14. The van der Waals surface area contributed by atoms with Crippen LogP contribution < -0.4 is 5.73 Å². The lowest BCUT2D eigenvalue weighted by atomic mass is 10.2. The minimum Gasteiger partial charge on any atom is -0.399 e. The molecular formula is C12H17FN2S. The lowest BCUT2D eigenvalue weighted by Crippen LogP contribution is -2.36. The van der Waals surface area contributed by atoms with Crippen molar-refractivity contribution in [3.63, 3.8) is 0 Å². The van der Waals surface area contributed by atoms with Crippen LogP contribution in [0.25, 0.3) is 0 Å². The molecule has 1 saturated heterocycles. The van der Waals surface area contributed by atoms with E-state index in [4.69, 9.17) is 5.73 Å². The van der Waals surface area contributed by atoms with Gasteiger partial charge >= 0.3 is 0 Å². The molecule has 1 aliphatic heterocycles. The van der Waals surface area contributed by atoms with Crippen LogP contribution in [0.1, 0.15) is 12.5 Å². The van der Waals surface area contributed by atoms with Crippen LogP contribution in [0.5, 0.6) is 0 Å². The fraction of sp³-hybridized carbons (Fsp3) is 0.500. The van der Waals surface area contributed by atoms with Crippen molar-refractivity contribution in [2.75, 3.05) is 24.6 Å². The highest BCUT2D eigenvalue weighted by molar-refractivity contribution is 7.99. The summed E-state index contributed by atoms with van der Waals surface area (Å²) in [4.78, 5) is 2.36. The predicted molar refractivity (Wildman–Crippen MR) is 68.0 cm³/mol. The van der Waals surface area contributed by atoms with Gasteiger partial charge in [-0.15, -0.1) is 0 Å². The van der Waals surface area contributed by atoms with E-state index in [9.17, 15) is 4.39 Å². The quantitative estimate of drug-likeness (QED) is 0.805. The first-order valence-electron chi connectivity index (χ1n) is 5.52. The molecule has 0 saturated carbocycles. The van der Waals surface area contributed by atoms with Crippen LogP contribution in [0.2, 0.25) is 0 Å². The van der Waals surface area contributed by atoms with E-state index in [0.29, 0.717) is 10.9 Å². The monoisotopic (exact) mass is 240 g/mol. The van der Waals surface area contributed by atoms with Crippen molar-refractivity contribution in [2.45, 2.75) is 18.7 Å². The zero-order valence-corrected chi connectivity index (χ0v) is 10.3. The maximum absolute atomic E-state index is 13.2. The molecule has 1 unspecified atom stereocenters. The van der Waals surface area contributed by atoms with E-state index >= 15 is 0 Å². The molecule has 2 rings (SSSR count). The Hall–Kier alpha value is -0.740. The Balaban J connectivity index is 2.02. The number of anilines is 1. The van der Waals surface area contributed by atoms with Crippen LogP contribution in [-0.4, -0.2) is 29.0 Å². The summed E-state index contributed by atoms with van der Waals surface area (Å²) in [5.74, 6) is 0.917. The van der Waals surface area contributed by atoms with Crippen LogP contribution in [-0.2, 0) is 6.54 Å². The van der Waals surface area contributed by atoms with Crippen LogP contribution in [0, 0.1) is 5.82 Å². The summed E-state index contributed by atoms with van der Waals surface area (Å²) in [6.45, 7) is 5.18. The molecule has 0 amide bonds. The summed E-state index contributed by atoms with van der Waals surface area (Å²) >= 11 is 2.00.